The van der Waals surface area contributed by atoms with Gasteiger partial charge in [0.05, 0.1) is 11.8 Å². The maximum absolute atomic E-state index is 10.8. The molecule has 0 radical (unpaired) electrons. The number of nitrogens with zero attached hydrogens (tertiary/aromatic N) is 1. The van der Waals surface area contributed by atoms with E-state index in [2.05, 4.69) is 11.9 Å². The van der Waals surface area contributed by atoms with Crippen molar-refractivity contribution in [2.24, 2.45) is 5.73 Å². The summed E-state index contributed by atoms with van der Waals surface area (Å²) >= 11 is 0. The van der Waals surface area contributed by atoms with Crippen LogP contribution in [-0.4, -0.2) is 6.29 Å². The summed E-state index contributed by atoms with van der Waals surface area (Å²) in [5.41, 5.74) is 7.72. The van der Waals surface area contributed by atoms with Crippen LogP contribution in [0.2, 0.25) is 0 Å². The van der Waals surface area contributed by atoms with Crippen molar-refractivity contribution in [3.05, 3.63) is 53.8 Å². The Balaban J connectivity index is 2.88. The smallest absolute Gasteiger partial charge is 0.166 e. The molecule has 0 bridgehead atoms. The van der Waals surface area contributed by atoms with Gasteiger partial charge in [-0.1, -0.05) is 18.7 Å². The number of nitrogens with one attached hydrogen (secondary N) is 1. The lowest BCUT2D eigenvalue weighted by molar-refractivity contribution is -0.104. The molecule has 17 heavy (non-hydrogen) atoms. The molecule has 3 N–H and O–H groups in total. The third-order valence-corrected chi connectivity index (χ3v) is 2.05. The van der Waals surface area contributed by atoms with Crippen molar-refractivity contribution in [1.29, 1.82) is 5.26 Å². The molecule has 0 saturated heterocycles. The second kappa shape index (κ2) is 6.26. The van der Waals surface area contributed by atoms with Gasteiger partial charge in [-0.05, 0) is 23.8 Å². The van der Waals surface area contributed by atoms with Crippen molar-refractivity contribution in [2.45, 2.75) is 6.54 Å². The first-order valence-corrected chi connectivity index (χ1v) is 5.01. The molecule has 0 saturated carbocycles. The summed E-state index contributed by atoms with van der Waals surface area (Å²) in [5, 5.41) is 11.5. The van der Waals surface area contributed by atoms with E-state index in [4.69, 9.17) is 11.0 Å². The number of hydrogen-bond acceptors (Lipinski definition) is 4. The average molecular weight is 227 g/mol. The molecule has 0 aliphatic carbocycles. The largest absolute Gasteiger partial charge is 0.353 e. The van der Waals surface area contributed by atoms with Crippen LogP contribution in [0.5, 0.6) is 0 Å². The van der Waals surface area contributed by atoms with Crippen molar-refractivity contribution < 1.29 is 4.79 Å². The summed E-state index contributed by atoms with van der Waals surface area (Å²) in [4.78, 5) is 10.8. The van der Waals surface area contributed by atoms with E-state index in [9.17, 15) is 4.79 Å². The van der Waals surface area contributed by atoms with Crippen LogP contribution in [0.25, 0.3) is 0 Å². The highest BCUT2D eigenvalue weighted by atomic mass is 16.1. The zero-order chi connectivity index (χ0) is 12.7. The van der Waals surface area contributed by atoms with E-state index in [1.165, 1.54) is 6.08 Å². The van der Waals surface area contributed by atoms with Gasteiger partial charge in [0.15, 0.2) is 6.29 Å². The van der Waals surface area contributed by atoms with Crippen molar-refractivity contribution in [3.63, 3.8) is 0 Å². The molecular weight excluding hydrogens is 214 g/mol. The molecule has 0 aliphatic heterocycles. The summed E-state index contributed by atoms with van der Waals surface area (Å²) in [6, 6.07) is 9.23. The molecular formula is C13H13N3O. The van der Waals surface area contributed by atoms with Gasteiger partial charge in [0.2, 0.25) is 0 Å². The van der Waals surface area contributed by atoms with E-state index in [1.54, 1.807) is 0 Å². The minimum absolute atomic E-state index is 0.217. The van der Waals surface area contributed by atoms with Gasteiger partial charge in [-0.15, -0.1) is 0 Å². The molecule has 0 unspecified atom stereocenters. The Morgan fingerprint density at radius 2 is 2.35 bits per heavy atom. The van der Waals surface area contributed by atoms with Gasteiger partial charge in [-0.3, -0.25) is 4.79 Å². The second-order valence-corrected chi connectivity index (χ2v) is 3.38. The highest BCUT2D eigenvalue weighted by molar-refractivity contribution is 5.80. The molecule has 0 heterocycles. The highest BCUT2D eigenvalue weighted by Crippen LogP contribution is 2.12. The second-order valence-electron chi connectivity index (χ2n) is 3.38. The van der Waals surface area contributed by atoms with Crippen molar-refractivity contribution in [2.75, 3.05) is 5.32 Å². The van der Waals surface area contributed by atoms with E-state index in [0.29, 0.717) is 12.8 Å². The molecule has 1 aromatic carbocycles. The lowest BCUT2D eigenvalue weighted by atomic mass is 10.2. The van der Waals surface area contributed by atoms with Crippen LogP contribution in [0.4, 0.5) is 5.69 Å². The van der Waals surface area contributed by atoms with Gasteiger partial charge < -0.3 is 11.1 Å². The minimum atomic E-state index is 0.217. The lowest BCUT2D eigenvalue weighted by Crippen LogP contribution is -2.02. The predicted molar refractivity (Wildman–Crippen MR) is 66.9 cm³/mol. The zero-order valence-corrected chi connectivity index (χ0v) is 9.31. The van der Waals surface area contributed by atoms with Gasteiger partial charge in [-0.25, -0.2) is 0 Å². The Morgan fingerprint density at radius 3 is 2.94 bits per heavy atom. The minimum Gasteiger partial charge on any atom is -0.353 e. The fourth-order valence-electron chi connectivity index (χ4n) is 1.26. The summed E-state index contributed by atoms with van der Waals surface area (Å²) in [6.45, 7) is 3.91. The maximum Gasteiger partial charge on any atom is 0.166 e. The summed E-state index contributed by atoms with van der Waals surface area (Å²) in [5.74, 6) is 0. The summed E-state index contributed by atoms with van der Waals surface area (Å²) < 4.78 is 0. The van der Waals surface area contributed by atoms with Crippen molar-refractivity contribution in [1.82, 2.24) is 0 Å². The fraction of sp³-hybridized carbons (Fsp3) is 0.0769. The van der Waals surface area contributed by atoms with Gasteiger partial charge >= 0.3 is 0 Å². The number of carbonyl (C=O) groups is 1. The Bertz CT molecular complexity index is 498. The topological polar surface area (TPSA) is 78.9 Å². The Morgan fingerprint density at radius 1 is 1.59 bits per heavy atom. The molecule has 0 amide bonds. The number of rotatable bonds is 5. The quantitative estimate of drug-likeness (QED) is 0.347. The van der Waals surface area contributed by atoms with Crippen molar-refractivity contribution in [3.8, 4) is 6.07 Å². The van der Waals surface area contributed by atoms with E-state index in [1.807, 2.05) is 30.3 Å². The molecule has 4 nitrogen and oxygen atoms in total. The number of carbonyl (C=O) groups excluding carboxylic acids is 1. The van der Waals surface area contributed by atoms with Gasteiger partial charge in [0, 0.05) is 17.8 Å². The van der Waals surface area contributed by atoms with Crippen LogP contribution < -0.4 is 11.1 Å². The summed E-state index contributed by atoms with van der Waals surface area (Å²) in [7, 11) is 0. The number of benzene rings is 1. The number of nitriles is 1. The Labute approximate surface area is 100 Å². The molecule has 4 heteroatoms. The van der Waals surface area contributed by atoms with Crippen LogP contribution in [-0.2, 0) is 11.3 Å². The highest BCUT2D eigenvalue weighted by Gasteiger charge is 1.99. The first kappa shape index (κ1) is 12.7. The Kier molecular flexibility index (Phi) is 4.67. The number of hydrogen-bond donors (Lipinski definition) is 2. The molecule has 0 aromatic heterocycles. The molecule has 0 atom stereocenters. The van der Waals surface area contributed by atoms with Crippen molar-refractivity contribution >= 4 is 12.0 Å². The monoisotopic (exact) mass is 227 g/mol. The molecule has 0 fully saturated rings. The van der Waals surface area contributed by atoms with E-state index in [-0.39, 0.29) is 11.3 Å². The van der Waals surface area contributed by atoms with Crippen LogP contribution in [0.15, 0.2) is 48.2 Å². The average Bonchev–Trinajstić information content (AvgIpc) is 2.37. The SMILES string of the molecule is C=C(C#N)/C=C(/C=O)Nc1cccc(CN)c1. The number of aldehydes is 1. The third-order valence-electron chi connectivity index (χ3n) is 2.05. The first-order valence-electron chi connectivity index (χ1n) is 5.01. The van der Waals surface area contributed by atoms with Crippen LogP contribution in [0.3, 0.4) is 0 Å². The maximum atomic E-state index is 10.8. The van der Waals surface area contributed by atoms with Gasteiger partial charge in [-0.2, -0.15) is 5.26 Å². The number of nitrogens with two attached hydrogens (primary N) is 1. The number of anilines is 1. The predicted octanol–water partition coefficient (Wildman–Crippen LogP) is 1.72. The van der Waals surface area contributed by atoms with E-state index in [0.717, 1.165) is 11.3 Å². The normalized spacial score (nSPS) is 10.5. The molecule has 1 aromatic rings. The molecule has 0 spiro atoms. The van der Waals surface area contributed by atoms with Gasteiger partial charge in [0.1, 0.15) is 0 Å². The van der Waals surface area contributed by atoms with Crippen LogP contribution >= 0.6 is 0 Å². The number of allylic oxidation sites excluding steroid dienone is 3. The lowest BCUT2D eigenvalue weighted by Gasteiger charge is -2.06. The zero-order valence-electron chi connectivity index (χ0n) is 9.31. The van der Waals surface area contributed by atoms with Gasteiger partial charge in [0.25, 0.3) is 0 Å². The molecule has 0 aliphatic rings. The van der Waals surface area contributed by atoms with E-state index < -0.39 is 0 Å². The first-order chi connectivity index (χ1) is 8.19. The summed E-state index contributed by atoms with van der Waals surface area (Å²) in [6.07, 6.45) is 2.03. The van der Waals surface area contributed by atoms with Crippen LogP contribution in [0.1, 0.15) is 5.56 Å². The molecule has 1 rings (SSSR count). The fourth-order valence-corrected chi connectivity index (χ4v) is 1.26. The third kappa shape index (κ3) is 3.93. The standard InChI is InChI=1S/C13H13N3O/c1-10(7-14)5-13(9-17)16-12-4-2-3-11(6-12)8-15/h2-6,9,16H,1,8,15H2/b13-5-. The molecule has 86 valence electrons. The Hall–Kier alpha value is -2.38. The van der Waals surface area contributed by atoms with Crippen LogP contribution in [0, 0.1) is 11.3 Å². The van der Waals surface area contributed by atoms with E-state index >= 15 is 0 Å².